The van der Waals surface area contributed by atoms with E-state index in [2.05, 4.69) is 5.32 Å². The molecule has 1 aliphatic rings. The Kier molecular flexibility index (Phi) is 3.92. The van der Waals surface area contributed by atoms with Crippen molar-refractivity contribution in [3.63, 3.8) is 0 Å². The molecule has 14 heavy (non-hydrogen) atoms. The molecule has 1 aromatic rings. The van der Waals surface area contributed by atoms with Gasteiger partial charge in [-0.3, -0.25) is 0 Å². The Labute approximate surface area is 88.5 Å². The standard InChI is InChI=1S/C7H7ClO2S.C2H5N/c1-6-2-4-7(5-3-6)11(8,9)10;1-2-3-1/h2-5H,1H3;3H,1-2H2. The molecule has 78 valence electrons. The summed E-state index contributed by atoms with van der Waals surface area (Å²) in [7, 11) is 1.54. The molecule has 0 amide bonds. The minimum Gasteiger partial charge on any atom is -0.314 e. The van der Waals surface area contributed by atoms with Crippen LogP contribution in [0.1, 0.15) is 5.56 Å². The van der Waals surface area contributed by atoms with Gasteiger partial charge < -0.3 is 5.32 Å². The number of aryl methyl sites for hydroxylation is 1. The van der Waals surface area contributed by atoms with Gasteiger partial charge in [0.1, 0.15) is 0 Å². The van der Waals surface area contributed by atoms with E-state index >= 15 is 0 Å². The highest BCUT2D eigenvalue weighted by atomic mass is 35.7. The first-order chi connectivity index (χ1) is 6.50. The summed E-state index contributed by atoms with van der Waals surface area (Å²) in [4.78, 5) is 0.143. The van der Waals surface area contributed by atoms with Crippen LogP contribution in [0.25, 0.3) is 0 Å². The number of rotatable bonds is 1. The summed E-state index contributed by atoms with van der Waals surface area (Å²) in [6.07, 6.45) is 0. The summed E-state index contributed by atoms with van der Waals surface area (Å²) in [5.74, 6) is 0. The topological polar surface area (TPSA) is 56.1 Å². The number of halogens is 1. The molecule has 0 unspecified atom stereocenters. The van der Waals surface area contributed by atoms with E-state index in [1.165, 1.54) is 25.2 Å². The first-order valence-corrected chi connectivity index (χ1v) is 6.53. The van der Waals surface area contributed by atoms with Crippen molar-refractivity contribution in [3.05, 3.63) is 29.8 Å². The van der Waals surface area contributed by atoms with Gasteiger partial charge in [0, 0.05) is 23.8 Å². The molecular formula is C9H12ClNO2S. The fourth-order valence-electron chi connectivity index (χ4n) is 0.701. The molecule has 1 aromatic carbocycles. The molecule has 0 spiro atoms. The molecule has 1 fully saturated rings. The third-order valence-electron chi connectivity index (χ3n) is 1.55. The van der Waals surface area contributed by atoms with E-state index in [9.17, 15) is 8.42 Å². The van der Waals surface area contributed by atoms with Crippen LogP contribution in [0.5, 0.6) is 0 Å². The van der Waals surface area contributed by atoms with Gasteiger partial charge >= 0.3 is 0 Å². The molecule has 5 heteroatoms. The van der Waals surface area contributed by atoms with Gasteiger partial charge in [0.2, 0.25) is 0 Å². The molecule has 1 N–H and O–H groups in total. The summed E-state index contributed by atoms with van der Waals surface area (Å²) < 4.78 is 21.4. The zero-order valence-electron chi connectivity index (χ0n) is 7.83. The second kappa shape index (κ2) is 4.77. The lowest BCUT2D eigenvalue weighted by Gasteiger charge is -1.94. The monoisotopic (exact) mass is 233 g/mol. The second-order valence-electron chi connectivity index (χ2n) is 3.00. The van der Waals surface area contributed by atoms with E-state index in [0.717, 1.165) is 5.56 Å². The van der Waals surface area contributed by atoms with Gasteiger partial charge in [-0.2, -0.15) is 0 Å². The molecule has 2 rings (SSSR count). The predicted molar refractivity (Wildman–Crippen MR) is 57.1 cm³/mol. The predicted octanol–water partition coefficient (Wildman–Crippen LogP) is 1.51. The quantitative estimate of drug-likeness (QED) is 0.591. The van der Waals surface area contributed by atoms with Gasteiger partial charge in [-0.15, -0.1) is 0 Å². The van der Waals surface area contributed by atoms with Crippen LogP contribution < -0.4 is 5.32 Å². The molecule has 0 saturated carbocycles. The van der Waals surface area contributed by atoms with Gasteiger partial charge in [0.15, 0.2) is 0 Å². The van der Waals surface area contributed by atoms with Crippen LogP contribution in [0.4, 0.5) is 0 Å². The van der Waals surface area contributed by atoms with Gasteiger partial charge in [0.25, 0.3) is 9.05 Å². The largest absolute Gasteiger partial charge is 0.314 e. The highest BCUT2D eigenvalue weighted by molar-refractivity contribution is 8.13. The van der Waals surface area contributed by atoms with Crippen molar-refractivity contribution in [2.45, 2.75) is 11.8 Å². The summed E-state index contributed by atoms with van der Waals surface area (Å²) in [6, 6.07) is 6.37. The summed E-state index contributed by atoms with van der Waals surface area (Å²) in [5, 5.41) is 3.00. The molecule has 0 bridgehead atoms. The van der Waals surface area contributed by atoms with E-state index in [0.29, 0.717) is 0 Å². The Hall–Kier alpha value is -0.580. The Morgan fingerprint density at radius 1 is 1.21 bits per heavy atom. The normalized spacial score (nSPS) is 14.1. The van der Waals surface area contributed by atoms with Crippen molar-refractivity contribution in [1.29, 1.82) is 0 Å². The number of hydrogen-bond acceptors (Lipinski definition) is 3. The summed E-state index contributed by atoms with van der Waals surface area (Å²) in [5.41, 5.74) is 1.01. The van der Waals surface area contributed by atoms with E-state index in [1.54, 1.807) is 12.1 Å². The molecule has 0 aromatic heterocycles. The van der Waals surface area contributed by atoms with Crippen molar-refractivity contribution in [2.75, 3.05) is 13.1 Å². The lowest BCUT2D eigenvalue weighted by atomic mass is 10.2. The molecule has 1 heterocycles. The Balaban J connectivity index is 0.000000276. The average Bonchev–Trinajstić information content (AvgIpc) is 2.88. The number of hydrogen-bond donors (Lipinski definition) is 1. The fourth-order valence-corrected chi connectivity index (χ4v) is 1.47. The lowest BCUT2D eigenvalue weighted by molar-refractivity contribution is 0.609. The van der Waals surface area contributed by atoms with E-state index < -0.39 is 9.05 Å². The van der Waals surface area contributed by atoms with Crippen LogP contribution in [-0.2, 0) is 9.05 Å². The number of nitrogens with one attached hydrogen (secondary N) is 1. The second-order valence-corrected chi connectivity index (χ2v) is 5.57. The Morgan fingerprint density at radius 2 is 1.64 bits per heavy atom. The molecule has 1 aliphatic heterocycles. The van der Waals surface area contributed by atoms with Crippen LogP contribution in [0.15, 0.2) is 29.2 Å². The van der Waals surface area contributed by atoms with Crippen molar-refractivity contribution in [3.8, 4) is 0 Å². The van der Waals surface area contributed by atoms with Crippen LogP contribution in [0.3, 0.4) is 0 Å². The SMILES string of the molecule is C1CN1.Cc1ccc(S(=O)(=O)Cl)cc1. The van der Waals surface area contributed by atoms with E-state index in [4.69, 9.17) is 10.7 Å². The van der Waals surface area contributed by atoms with Crippen molar-refractivity contribution in [1.82, 2.24) is 5.32 Å². The van der Waals surface area contributed by atoms with Crippen molar-refractivity contribution >= 4 is 19.7 Å². The van der Waals surface area contributed by atoms with E-state index in [-0.39, 0.29) is 4.90 Å². The highest BCUT2D eigenvalue weighted by Crippen LogP contribution is 2.14. The Bertz CT molecular complexity index is 381. The van der Waals surface area contributed by atoms with Crippen LogP contribution >= 0.6 is 10.7 Å². The van der Waals surface area contributed by atoms with Gasteiger partial charge in [-0.05, 0) is 19.1 Å². The summed E-state index contributed by atoms with van der Waals surface area (Å²) in [6.45, 7) is 4.38. The van der Waals surface area contributed by atoms with E-state index in [1.807, 2.05) is 6.92 Å². The van der Waals surface area contributed by atoms with Crippen molar-refractivity contribution < 1.29 is 8.42 Å². The van der Waals surface area contributed by atoms with Crippen LogP contribution in [0, 0.1) is 6.92 Å². The third-order valence-corrected chi connectivity index (χ3v) is 2.92. The van der Waals surface area contributed by atoms with Gasteiger partial charge in [0.05, 0.1) is 4.90 Å². The lowest BCUT2D eigenvalue weighted by Crippen LogP contribution is -1.89. The van der Waals surface area contributed by atoms with Gasteiger partial charge in [-0.25, -0.2) is 8.42 Å². The maximum Gasteiger partial charge on any atom is 0.261 e. The fraction of sp³-hybridized carbons (Fsp3) is 0.333. The van der Waals surface area contributed by atoms with Crippen molar-refractivity contribution in [2.24, 2.45) is 0 Å². The molecule has 0 aliphatic carbocycles. The Morgan fingerprint density at radius 3 is 1.93 bits per heavy atom. The molecule has 3 nitrogen and oxygen atoms in total. The maximum absolute atomic E-state index is 10.7. The molecule has 0 radical (unpaired) electrons. The zero-order chi connectivity index (χ0) is 10.6. The molecular weight excluding hydrogens is 222 g/mol. The van der Waals surface area contributed by atoms with Crippen LogP contribution in [0.2, 0.25) is 0 Å². The summed E-state index contributed by atoms with van der Waals surface area (Å²) >= 11 is 0. The minimum absolute atomic E-state index is 0.143. The first-order valence-electron chi connectivity index (χ1n) is 4.22. The van der Waals surface area contributed by atoms with Gasteiger partial charge in [-0.1, -0.05) is 17.7 Å². The third kappa shape index (κ3) is 4.60. The number of benzene rings is 1. The minimum atomic E-state index is -3.55. The first kappa shape index (κ1) is 11.5. The smallest absolute Gasteiger partial charge is 0.261 e. The molecule has 1 saturated heterocycles. The zero-order valence-corrected chi connectivity index (χ0v) is 9.40. The average molecular weight is 234 g/mol. The van der Waals surface area contributed by atoms with Crippen LogP contribution in [-0.4, -0.2) is 21.5 Å². The maximum atomic E-state index is 10.7. The highest BCUT2D eigenvalue weighted by Gasteiger charge is 2.07. The molecule has 0 atom stereocenters.